The van der Waals surface area contributed by atoms with Crippen molar-refractivity contribution in [1.29, 1.82) is 0 Å². The number of aromatic nitrogens is 2. The van der Waals surface area contributed by atoms with Gasteiger partial charge in [-0.2, -0.15) is 0 Å². The Morgan fingerprint density at radius 3 is 2.88 bits per heavy atom. The van der Waals surface area contributed by atoms with Gasteiger partial charge in [-0.15, -0.1) is 0 Å². The summed E-state index contributed by atoms with van der Waals surface area (Å²) in [5.74, 6) is 1.53. The van der Waals surface area contributed by atoms with E-state index in [1.54, 1.807) is 7.11 Å². The molecule has 5 heteroatoms. The Bertz CT molecular complexity index is 443. The van der Waals surface area contributed by atoms with Gasteiger partial charge in [0.05, 0.1) is 12.7 Å². The molecule has 0 N–H and O–H groups in total. The normalized spacial score (nSPS) is 19.6. The Labute approximate surface area is 93.4 Å². The first-order valence-electron chi connectivity index (χ1n) is 5.51. The van der Waals surface area contributed by atoms with Crippen LogP contribution in [0, 0.1) is 0 Å². The fraction of sp³-hybridized carbons (Fsp3) is 0.545. The summed E-state index contributed by atoms with van der Waals surface area (Å²) in [6.07, 6.45) is 4.84. The third-order valence-electron chi connectivity index (χ3n) is 3.07. The molecule has 0 radical (unpaired) electrons. The lowest BCUT2D eigenvalue weighted by molar-refractivity contribution is -0.119. The van der Waals surface area contributed by atoms with Gasteiger partial charge in [-0.3, -0.25) is 9.69 Å². The molecule has 5 nitrogen and oxygen atoms in total. The molecule has 0 saturated heterocycles. The van der Waals surface area contributed by atoms with Crippen LogP contribution in [0.15, 0.2) is 6.33 Å². The Hall–Kier alpha value is -1.65. The average Bonchev–Trinajstić information content (AvgIpc) is 3.12. The maximum Gasteiger partial charge on any atom is 0.228 e. The number of hydrogen-bond acceptors (Lipinski definition) is 4. The van der Waals surface area contributed by atoms with Crippen molar-refractivity contribution >= 4 is 11.7 Å². The van der Waals surface area contributed by atoms with Crippen LogP contribution < -0.4 is 9.64 Å². The fourth-order valence-electron chi connectivity index (χ4n) is 2.17. The van der Waals surface area contributed by atoms with Gasteiger partial charge in [-0.25, -0.2) is 9.97 Å². The van der Waals surface area contributed by atoms with E-state index in [0.717, 1.165) is 24.2 Å². The van der Waals surface area contributed by atoms with Crippen LogP contribution in [0.3, 0.4) is 0 Å². The summed E-state index contributed by atoms with van der Waals surface area (Å²) in [6, 6.07) is 0.353. The number of fused-ring (bicyclic) bond motifs is 1. The second-order valence-electron chi connectivity index (χ2n) is 4.18. The zero-order valence-corrected chi connectivity index (χ0v) is 9.14. The first-order valence-corrected chi connectivity index (χ1v) is 5.51. The van der Waals surface area contributed by atoms with Crippen LogP contribution >= 0.6 is 0 Å². The van der Waals surface area contributed by atoms with E-state index in [4.69, 9.17) is 4.74 Å². The molecule has 1 aliphatic heterocycles. The van der Waals surface area contributed by atoms with Crippen molar-refractivity contribution < 1.29 is 9.53 Å². The SMILES string of the molecule is COc1ncnc2c1CCC(=O)N2C1CC1. The van der Waals surface area contributed by atoms with Gasteiger partial charge in [0.2, 0.25) is 11.8 Å². The monoisotopic (exact) mass is 219 g/mol. The molecule has 0 unspecified atom stereocenters. The number of hydrogen-bond donors (Lipinski definition) is 0. The van der Waals surface area contributed by atoms with Gasteiger partial charge in [0, 0.05) is 12.5 Å². The van der Waals surface area contributed by atoms with Crippen molar-refractivity contribution in [2.45, 2.75) is 31.7 Å². The van der Waals surface area contributed by atoms with Crippen LogP contribution in [0.5, 0.6) is 5.88 Å². The maximum atomic E-state index is 11.9. The second kappa shape index (κ2) is 3.43. The summed E-state index contributed by atoms with van der Waals surface area (Å²) in [7, 11) is 1.60. The van der Waals surface area contributed by atoms with E-state index in [1.165, 1.54) is 6.33 Å². The molecule has 84 valence electrons. The summed E-state index contributed by atoms with van der Waals surface area (Å²) >= 11 is 0. The molecule has 0 atom stereocenters. The molecule has 1 aromatic heterocycles. The van der Waals surface area contributed by atoms with Gasteiger partial charge in [0.15, 0.2) is 0 Å². The molecular formula is C11H13N3O2. The van der Waals surface area contributed by atoms with Gasteiger partial charge in [-0.05, 0) is 19.3 Å². The largest absolute Gasteiger partial charge is 0.481 e. The Balaban J connectivity index is 2.08. The standard InChI is InChI=1S/C11H13N3O2/c1-16-11-8-4-5-9(15)14(7-2-3-7)10(8)12-6-13-11/h6-7H,2-5H2,1H3. The van der Waals surface area contributed by atoms with Crippen molar-refractivity contribution in [2.75, 3.05) is 12.0 Å². The Kier molecular flexibility index (Phi) is 2.05. The number of carbonyl (C=O) groups is 1. The number of amides is 1. The summed E-state index contributed by atoms with van der Waals surface area (Å²) in [4.78, 5) is 22.0. The molecule has 1 aromatic rings. The van der Waals surface area contributed by atoms with E-state index in [1.807, 2.05) is 4.90 Å². The predicted molar refractivity (Wildman–Crippen MR) is 57.4 cm³/mol. The lowest BCUT2D eigenvalue weighted by atomic mass is 10.1. The molecule has 16 heavy (non-hydrogen) atoms. The number of rotatable bonds is 2. The van der Waals surface area contributed by atoms with E-state index in [0.29, 0.717) is 24.8 Å². The number of anilines is 1. The quantitative estimate of drug-likeness (QED) is 0.742. The number of carbonyl (C=O) groups excluding carboxylic acids is 1. The molecule has 0 spiro atoms. The van der Waals surface area contributed by atoms with Crippen molar-refractivity contribution in [1.82, 2.24) is 9.97 Å². The lowest BCUT2D eigenvalue weighted by Crippen LogP contribution is -2.37. The van der Waals surface area contributed by atoms with Crippen LogP contribution in [0.1, 0.15) is 24.8 Å². The van der Waals surface area contributed by atoms with Crippen LogP contribution in [-0.4, -0.2) is 29.0 Å². The molecule has 1 saturated carbocycles. The molecule has 0 bridgehead atoms. The van der Waals surface area contributed by atoms with Gasteiger partial charge < -0.3 is 4.74 Å². The van der Waals surface area contributed by atoms with Crippen molar-refractivity contribution in [2.24, 2.45) is 0 Å². The van der Waals surface area contributed by atoms with E-state index < -0.39 is 0 Å². The molecule has 1 fully saturated rings. The highest BCUT2D eigenvalue weighted by molar-refractivity contribution is 5.96. The summed E-state index contributed by atoms with van der Waals surface area (Å²) < 4.78 is 5.21. The van der Waals surface area contributed by atoms with Gasteiger partial charge in [0.1, 0.15) is 12.1 Å². The molecule has 2 aliphatic rings. The van der Waals surface area contributed by atoms with E-state index in [9.17, 15) is 4.79 Å². The minimum absolute atomic E-state index is 0.177. The highest BCUT2D eigenvalue weighted by Crippen LogP contribution is 2.38. The predicted octanol–water partition coefficient (Wildman–Crippen LogP) is 0.927. The smallest absolute Gasteiger partial charge is 0.228 e. The zero-order valence-electron chi connectivity index (χ0n) is 9.14. The first-order chi connectivity index (χ1) is 7.81. The van der Waals surface area contributed by atoms with Crippen LogP contribution in [0.25, 0.3) is 0 Å². The van der Waals surface area contributed by atoms with Gasteiger partial charge >= 0.3 is 0 Å². The van der Waals surface area contributed by atoms with Crippen LogP contribution in [0.4, 0.5) is 5.82 Å². The first kappa shape index (κ1) is 9.57. The Morgan fingerprint density at radius 1 is 1.38 bits per heavy atom. The van der Waals surface area contributed by atoms with E-state index in [2.05, 4.69) is 9.97 Å². The highest BCUT2D eigenvalue weighted by atomic mass is 16.5. The lowest BCUT2D eigenvalue weighted by Gasteiger charge is -2.28. The maximum absolute atomic E-state index is 11.9. The van der Waals surface area contributed by atoms with Crippen molar-refractivity contribution in [3.8, 4) is 5.88 Å². The number of ether oxygens (including phenoxy) is 1. The third kappa shape index (κ3) is 1.35. The number of methoxy groups -OCH3 is 1. The molecule has 3 rings (SSSR count). The summed E-state index contributed by atoms with van der Waals surface area (Å²) in [5.41, 5.74) is 0.969. The van der Waals surface area contributed by atoms with Gasteiger partial charge in [-0.1, -0.05) is 0 Å². The van der Waals surface area contributed by atoms with Crippen molar-refractivity contribution in [3.63, 3.8) is 0 Å². The Morgan fingerprint density at radius 2 is 2.19 bits per heavy atom. The molecule has 2 heterocycles. The van der Waals surface area contributed by atoms with Crippen LogP contribution in [0.2, 0.25) is 0 Å². The molecule has 1 amide bonds. The molecule has 0 aromatic carbocycles. The zero-order chi connectivity index (χ0) is 11.1. The number of nitrogens with zero attached hydrogens (tertiary/aromatic N) is 3. The summed E-state index contributed by atoms with van der Waals surface area (Å²) in [5, 5.41) is 0. The molecular weight excluding hydrogens is 206 g/mol. The van der Waals surface area contributed by atoms with E-state index >= 15 is 0 Å². The topological polar surface area (TPSA) is 55.3 Å². The highest BCUT2D eigenvalue weighted by Gasteiger charge is 2.38. The summed E-state index contributed by atoms with van der Waals surface area (Å²) in [6.45, 7) is 0. The minimum Gasteiger partial charge on any atom is -0.481 e. The van der Waals surface area contributed by atoms with Gasteiger partial charge in [0.25, 0.3) is 0 Å². The minimum atomic E-state index is 0.177. The van der Waals surface area contributed by atoms with Crippen molar-refractivity contribution in [3.05, 3.63) is 11.9 Å². The fourth-order valence-corrected chi connectivity index (χ4v) is 2.17. The average molecular weight is 219 g/mol. The second-order valence-corrected chi connectivity index (χ2v) is 4.18. The molecule has 1 aliphatic carbocycles. The van der Waals surface area contributed by atoms with Crippen LogP contribution in [-0.2, 0) is 11.2 Å². The van der Waals surface area contributed by atoms with E-state index in [-0.39, 0.29) is 5.91 Å². The third-order valence-corrected chi connectivity index (χ3v) is 3.07.